The number of alkyl halides is 3. The Balaban J connectivity index is 1.33. The third-order valence-corrected chi connectivity index (χ3v) is 8.63. The Morgan fingerprint density at radius 2 is 1.67 bits per heavy atom. The first kappa shape index (κ1) is 32.1. The number of amidine groups is 1. The van der Waals surface area contributed by atoms with Gasteiger partial charge in [0, 0.05) is 29.4 Å². The second-order valence-electron chi connectivity index (χ2n) is 9.83. The summed E-state index contributed by atoms with van der Waals surface area (Å²) in [6.45, 7) is 1.12. The van der Waals surface area contributed by atoms with Crippen molar-refractivity contribution in [3.8, 4) is 11.5 Å². The quantitative estimate of drug-likeness (QED) is 0.187. The smallest absolute Gasteiger partial charge is 0.454 e. The molecule has 0 aromatic heterocycles. The molecule has 1 aliphatic rings. The third kappa shape index (κ3) is 7.88. The number of halogens is 5. The van der Waals surface area contributed by atoms with Gasteiger partial charge < -0.3 is 15.0 Å². The largest absolute Gasteiger partial charge is 0.471 e. The van der Waals surface area contributed by atoms with E-state index in [4.69, 9.17) is 27.9 Å². The van der Waals surface area contributed by atoms with Gasteiger partial charge in [-0.05, 0) is 66.6 Å². The fourth-order valence-electron chi connectivity index (χ4n) is 4.49. The number of aliphatic imine (C=N–C) groups is 1. The lowest BCUT2D eigenvalue weighted by Gasteiger charge is -2.24. The lowest BCUT2D eigenvalue weighted by atomic mass is 10.1. The van der Waals surface area contributed by atoms with E-state index < -0.39 is 22.1 Å². The Morgan fingerprint density at radius 1 is 0.956 bits per heavy atom. The van der Waals surface area contributed by atoms with Crippen LogP contribution >= 0.6 is 23.2 Å². The number of carbonyl (C=O) groups is 1. The molecule has 0 atom stereocenters. The molecule has 0 bridgehead atoms. The average molecular weight is 678 g/mol. The SMILES string of the molecule is O=C(N(CCc1ccc(C2=NCCN2)cc1)c1ccc(S(=O)(=O)Nc2ccccc2Oc2ccc(Cl)cc2Cl)cc1)C(F)(F)F. The molecule has 1 amide bonds. The van der Waals surface area contributed by atoms with Gasteiger partial charge in [-0.1, -0.05) is 59.6 Å². The first-order valence-electron chi connectivity index (χ1n) is 13.5. The standard InChI is InChI=1S/C31H25Cl2F3N4O4S/c32-22-9-14-27(25(33)19-22)44-28-4-2-1-3-26(28)39-45(42,43)24-12-10-23(11-13-24)40(30(41)31(34,35)36)18-15-20-5-7-21(8-6-20)29-37-16-17-38-29/h1-14,19,39H,15-18H2,(H,37,38). The summed E-state index contributed by atoms with van der Waals surface area (Å²) < 4.78 is 75.3. The van der Waals surface area contributed by atoms with Gasteiger partial charge in [0.05, 0.1) is 22.2 Å². The van der Waals surface area contributed by atoms with Crippen LogP contribution in [0.1, 0.15) is 11.1 Å². The molecule has 234 valence electrons. The Hall–Kier alpha value is -4.26. The maximum Gasteiger partial charge on any atom is 0.471 e. The Morgan fingerprint density at radius 3 is 2.31 bits per heavy atom. The summed E-state index contributed by atoms with van der Waals surface area (Å²) in [5, 5.41) is 3.75. The minimum absolute atomic E-state index is 0.0864. The summed E-state index contributed by atoms with van der Waals surface area (Å²) >= 11 is 12.1. The second kappa shape index (κ2) is 13.4. The summed E-state index contributed by atoms with van der Waals surface area (Å²) in [6.07, 6.45) is -5.02. The van der Waals surface area contributed by atoms with Crippen molar-refractivity contribution in [3.05, 3.63) is 112 Å². The van der Waals surface area contributed by atoms with E-state index in [1.54, 1.807) is 30.3 Å². The first-order chi connectivity index (χ1) is 21.4. The molecule has 1 aliphatic heterocycles. The molecule has 0 radical (unpaired) electrons. The van der Waals surface area contributed by atoms with Crippen LogP contribution in [0, 0.1) is 0 Å². The first-order valence-corrected chi connectivity index (χ1v) is 15.8. The lowest BCUT2D eigenvalue weighted by molar-refractivity contribution is -0.170. The Labute approximate surface area is 267 Å². The van der Waals surface area contributed by atoms with Crippen LogP contribution in [0.2, 0.25) is 10.0 Å². The highest BCUT2D eigenvalue weighted by Gasteiger charge is 2.43. The van der Waals surface area contributed by atoms with E-state index in [0.29, 0.717) is 22.0 Å². The van der Waals surface area contributed by atoms with Crippen molar-refractivity contribution in [2.45, 2.75) is 17.5 Å². The molecule has 0 saturated heterocycles. The van der Waals surface area contributed by atoms with E-state index in [1.807, 2.05) is 12.1 Å². The molecule has 0 aliphatic carbocycles. The van der Waals surface area contributed by atoms with Crippen molar-refractivity contribution in [2.75, 3.05) is 29.3 Å². The van der Waals surface area contributed by atoms with E-state index in [1.165, 1.54) is 24.3 Å². The number of ether oxygens (including phenoxy) is 1. The predicted molar refractivity (Wildman–Crippen MR) is 168 cm³/mol. The van der Waals surface area contributed by atoms with Crippen molar-refractivity contribution in [1.82, 2.24) is 5.32 Å². The molecule has 45 heavy (non-hydrogen) atoms. The molecule has 4 aromatic carbocycles. The van der Waals surface area contributed by atoms with E-state index >= 15 is 0 Å². The summed E-state index contributed by atoms with van der Waals surface area (Å²) in [6, 6.07) is 22.5. The minimum atomic E-state index is -5.14. The molecule has 0 unspecified atom stereocenters. The highest BCUT2D eigenvalue weighted by Crippen LogP contribution is 2.36. The molecule has 5 rings (SSSR count). The number of para-hydroxylation sites is 2. The van der Waals surface area contributed by atoms with Crippen LogP contribution in [0.25, 0.3) is 0 Å². The van der Waals surface area contributed by atoms with Crippen LogP contribution in [0.15, 0.2) is 101 Å². The summed E-state index contributed by atoms with van der Waals surface area (Å²) in [5.41, 5.74) is 1.54. The van der Waals surface area contributed by atoms with Gasteiger partial charge in [-0.25, -0.2) is 8.42 Å². The van der Waals surface area contributed by atoms with E-state index in [9.17, 15) is 26.4 Å². The van der Waals surface area contributed by atoms with E-state index in [2.05, 4.69) is 15.0 Å². The number of amides is 1. The average Bonchev–Trinajstić information content (AvgIpc) is 3.55. The number of anilines is 2. The van der Waals surface area contributed by atoms with Gasteiger partial charge in [0.2, 0.25) is 0 Å². The number of nitrogens with one attached hydrogen (secondary N) is 2. The second-order valence-corrected chi connectivity index (χ2v) is 12.4. The van der Waals surface area contributed by atoms with E-state index in [0.717, 1.165) is 42.2 Å². The minimum Gasteiger partial charge on any atom is -0.454 e. The van der Waals surface area contributed by atoms with Crippen LogP contribution in [-0.2, 0) is 21.2 Å². The number of hydrogen-bond donors (Lipinski definition) is 2. The fraction of sp³-hybridized carbons (Fsp3) is 0.161. The van der Waals surface area contributed by atoms with Gasteiger partial charge in [0.25, 0.3) is 10.0 Å². The van der Waals surface area contributed by atoms with Crippen molar-refractivity contribution >= 4 is 56.3 Å². The lowest BCUT2D eigenvalue weighted by Crippen LogP contribution is -2.42. The molecular weight excluding hydrogens is 652 g/mol. The molecule has 2 N–H and O–H groups in total. The number of hydrogen-bond acceptors (Lipinski definition) is 6. The number of nitrogens with zero attached hydrogens (tertiary/aromatic N) is 2. The number of benzene rings is 4. The highest BCUT2D eigenvalue weighted by atomic mass is 35.5. The predicted octanol–water partition coefficient (Wildman–Crippen LogP) is 7.07. The molecule has 1 heterocycles. The summed E-state index contributed by atoms with van der Waals surface area (Å²) in [4.78, 5) is 17.1. The van der Waals surface area contributed by atoms with Crippen molar-refractivity contribution in [1.29, 1.82) is 0 Å². The molecular formula is C31H25Cl2F3N4O4S. The Kier molecular flexibility index (Phi) is 9.56. The zero-order chi connectivity index (χ0) is 32.2. The monoisotopic (exact) mass is 676 g/mol. The van der Waals surface area contributed by atoms with Crippen LogP contribution in [-0.4, -0.2) is 46.0 Å². The van der Waals surface area contributed by atoms with Gasteiger partial charge in [0.15, 0.2) is 5.75 Å². The van der Waals surface area contributed by atoms with Gasteiger partial charge in [-0.3, -0.25) is 14.5 Å². The van der Waals surface area contributed by atoms with Crippen molar-refractivity contribution < 1.29 is 31.1 Å². The number of carbonyl (C=O) groups excluding carboxylic acids is 1. The topological polar surface area (TPSA) is 100 Å². The summed E-state index contributed by atoms with van der Waals surface area (Å²) in [7, 11) is -4.23. The zero-order valence-corrected chi connectivity index (χ0v) is 25.6. The maximum absolute atomic E-state index is 13.5. The van der Waals surface area contributed by atoms with Gasteiger partial charge in [-0.2, -0.15) is 13.2 Å². The maximum atomic E-state index is 13.5. The van der Waals surface area contributed by atoms with Crippen LogP contribution < -0.4 is 19.7 Å². The van der Waals surface area contributed by atoms with Gasteiger partial charge >= 0.3 is 12.1 Å². The summed E-state index contributed by atoms with van der Waals surface area (Å²) in [5.74, 6) is -0.932. The highest BCUT2D eigenvalue weighted by molar-refractivity contribution is 7.92. The van der Waals surface area contributed by atoms with Gasteiger partial charge in [-0.15, -0.1) is 0 Å². The molecule has 0 saturated carbocycles. The Bertz CT molecular complexity index is 1840. The van der Waals surface area contributed by atoms with Crippen LogP contribution in [0.4, 0.5) is 24.5 Å². The fourth-order valence-corrected chi connectivity index (χ4v) is 6.01. The number of sulfonamides is 1. The van der Waals surface area contributed by atoms with Crippen molar-refractivity contribution in [2.24, 2.45) is 4.99 Å². The van der Waals surface area contributed by atoms with Crippen LogP contribution in [0.3, 0.4) is 0 Å². The van der Waals surface area contributed by atoms with Crippen molar-refractivity contribution in [3.63, 3.8) is 0 Å². The normalized spacial score (nSPS) is 13.1. The number of rotatable bonds is 10. The van der Waals surface area contributed by atoms with Crippen LogP contribution in [0.5, 0.6) is 11.5 Å². The molecule has 0 spiro atoms. The zero-order valence-electron chi connectivity index (χ0n) is 23.3. The molecule has 4 aromatic rings. The third-order valence-electron chi connectivity index (χ3n) is 6.72. The molecule has 14 heteroatoms. The van der Waals surface area contributed by atoms with Gasteiger partial charge in [0.1, 0.15) is 11.6 Å². The molecule has 8 nitrogen and oxygen atoms in total. The molecule has 0 fully saturated rings. The van der Waals surface area contributed by atoms with E-state index in [-0.39, 0.29) is 45.8 Å².